The molecular formula is C26H33N3O6. The molecule has 0 fully saturated rings. The van der Waals surface area contributed by atoms with Crippen molar-refractivity contribution in [3.8, 4) is 17.2 Å². The van der Waals surface area contributed by atoms with Gasteiger partial charge in [-0.3, -0.25) is 9.59 Å². The highest BCUT2D eigenvalue weighted by Crippen LogP contribution is 2.36. The molecule has 9 heteroatoms. The molecule has 1 atom stereocenters. The summed E-state index contributed by atoms with van der Waals surface area (Å²) >= 11 is 0. The van der Waals surface area contributed by atoms with Crippen molar-refractivity contribution in [2.24, 2.45) is 5.10 Å². The van der Waals surface area contributed by atoms with Gasteiger partial charge in [0.2, 0.25) is 5.91 Å². The number of carbonyl (C=O) groups excluding carboxylic acids is 2. The maximum Gasteiger partial charge on any atom is 0.262 e. The zero-order chi connectivity index (χ0) is 25.4. The molecule has 2 amide bonds. The highest BCUT2D eigenvalue weighted by atomic mass is 16.5. The molecule has 0 spiro atoms. The normalized spacial score (nSPS) is 14.9. The van der Waals surface area contributed by atoms with Crippen molar-refractivity contribution in [2.45, 2.75) is 25.8 Å². The van der Waals surface area contributed by atoms with Crippen molar-refractivity contribution in [3.63, 3.8) is 0 Å². The number of nitrogens with zero attached hydrogens (tertiary/aromatic N) is 3. The van der Waals surface area contributed by atoms with Gasteiger partial charge in [-0.25, -0.2) is 5.01 Å². The standard InChI is InChI=1S/C26H33N3O6/c1-6-25(30)28(13-14-32-2)17-26(31)29-23(18-7-9-19(33-3)10-8-18)16-22(27-29)21-12-11-20(34-4)15-24(21)35-5/h7-12,15,23H,6,13-14,16-17H2,1-5H3/t23-/m1/s1. The van der Waals surface area contributed by atoms with Gasteiger partial charge >= 0.3 is 0 Å². The van der Waals surface area contributed by atoms with Gasteiger partial charge in [-0.05, 0) is 29.8 Å². The molecule has 0 saturated carbocycles. The first-order chi connectivity index (χ1) is 16.9. The Hall–Kier alpha value is -3.59. The quantitative estimate of drug-likeness (QED) is 0.487. The lowest BCUT2D eigenvalue weighted by molar-refractivity contribution is -0.141. The Balaban J connectivity index is 1.96. The summed E-state index contributed by atoms with van der Waals surface area (Å²) in [5.74, 6) is 1.61. The summed E-state index contributed by atoms with van der Waals surface area (Å²) in [6.45, 7) is 2.37. The van der Waals surface area contributed by atoms with Gasteiger partial charge < -0.3 is 23.8 Å². The minimum absolute atomic E-state index is 0.0841. The van der Waals surface area contributed by atoms with Crippen molar-refractivity contribution in [1.29, 1.82) is 0 Å². The molecule has 0 aliphatic carbocycles. The summed E-state index contributed by atoms with van der Waals surface area (Å²) in [6.07, 6.45) is 0.789. The summed E-state index contributed by atoms with van der Waals surface area (Å²) in [5, 5.41) is 6.20. The Kier molecular flexibility index (Phi) is 9.08. The third-order valence-corrected chi connectivity index (χ3v) is 5.93. The third-order valence-electron chi connectivity index (χ3n) is 5.93. The van der Waals surface area contributed by atoms with Gasteiger partial charge in [0.25, 0.3) is 5.91 Å². The van der Waals surface area contributed by atoms with Gasteiger partial charge in [0, 0.05) is 38.1 Å². The summed E-state index contributed by atoms with van der Waals surface area (Å²) in [6, 6.07) is 12.7. The molecular weight excluding hydrogens is 450 g/mol. The van der Waals surface area contributed by atoms with E-state index in [2.05, 4.69) is 0 Å². The number of hydrazone groups is 1. The van der Waals surface area contributed by atoms with E-state index >= 15 is 0 Å². The van der Waals surface area contributed by atoms with E-state index in [0.717, 1.165) is 16.9 Å². The van der Waals surface area contributed by atoms with E-state index < -0.39 is 0 Å². The van der Waals surface area contributed by atoms with E-state index in [-0.39, 0.29) is 24.4 Å². The van der Waals surface area contributed by atoms with E-state index in [4.69, 9.17) is 24.0 Å². The monoisotopic (exact) mass is 483 g/mol. The number of hydrogen-bond donors (Lipinski definition) is 0. The van der Waals surface area contributed by atoms with Crippen LogP contribution in [0.2, 0.25) is 0 Å². The second-order valence-corrected chi connectivity index (χ2v) is 8.01. The van der Waals surface area contributed by atoms with Crippen LogP contribution in [0.4, 0.5) is 0 Å². The van der Waals surface area contributed by atoms with Gasteiger partial charge in [0.1, 0.15) is 23.8 Å². The molecule has 0 saturated heterocycles. The van der Waals surface area contributed by atoms with E-state index in [9.17, 15) is 9.59 Å². The molecule has 2 aromatic rings. The van der Waals surface area contributed by atoms with Crippen LogP contribution in [0, 0.1) is 0 Å². The van der Waals surface area contributed by atoms with Gasteiger partial charge in [0.15, 0.2) is 0 Å². The number of carbonyl (C=O) groups is 2. The fourth-order valence-electron chi connectivity index (χ4n) is 3.98. The molecule has 35 heavy (non-hydrogen) atoms. The van der Waals surface area contributed by atoms with Gasteiger partial charge in [-0.15, -0.1) is 0 Å². The maximum atomic E-state index is 13.5. The first-order valence-electron chi connectivity index (χ1n) is 11.5. The Labute approximate surface area is 206 Å². The van der Waals surface area contributed by atoms with Crippen LogP contribution in [-0.4, -0.2) is 75.6 Å². The summed E-state index contributed by atoms with van der Waals surface area (Å²) < 4.78 is 21.3. The Morgan fingerprint density at radius 1 is 1.00 bits per heavy atom. The van der Waals surface area contributed by atoms with E-state index in [1.165, 1.54) is 9.91 Å². The topological polar surface area (TPSA) is 89.9 Å². The minimum Gasteiger partial charge on any atom is -0.497 e. The smallest absolute Gasteiger partial charge is 0.262 e. The summed E-state index contributed by atoms with van der Waals surface area (Å²) in [7, 11) is 6.35. The zero-order valence-corrected chi connectivity index (χ0v) is 20.9. The van der Waals surface area contributed by atoms with Gasteiger partial charge in [-0.1, -0.05) is 19.1 Å². The van der Waals surface area contributed by atoms with Crippen LogP contribution in [-0.2, 0) is 14.3 Å². The number of benzene rings is 2. The van der Waals surface area contributed by atoms with Crippen LogP contribution >= 0.6 is 0 Å². The van der Waals surface area contributed by atoms with Crippen molar-refractivity contribution in [3.05, 3.63) is 53.6 Å². The van der Waals surface area contributed by atoms with E-state index in [0.29, 0.717) is 43.2 Å². The number of methoxy groups -OCH3 is 4. The molecule has 0 aromatic heterocycles. The molecule has 0 N–H and O–H groups in total. The van der Waals surface area contributed by atoms with Crippen LogP contribution in [0.25, 0.3) is 0 Å². The Morgan fingerprint density at radius 2 is 1.69 bits per heavy atom. The fourth-order valence-corrected chi connectivity index (χ4v) is 3.98. The van der Waals surface area contributed by atoms with Crippen LogP contribution in [0.1, 0.15) is 36.9 Å². The molecule has 0 bridgehead atoms. The minimum atomic E-state index is -0.337. The average Bonchev–Trinajstić information content (AvgIpc) is 3.35. The van der Waals surface area contributed by atoms with Crippen molar-refractivity contribution in [2.75, 3.05) is 48.1 Å². The molecule has 1 aliphatic rings. The van der Waals surface area contributed by atoms with Gasteiger partial charge in [-0.2, -0.15) is 5.10 Å². The highest BCUT2D eigenvalue weighted by Gasteiger charge is 2.35. The molecule has 1 aliphatic heterocycles. The first kappa shape index (κ1) is 26.0. The predicted molar refractivity (Wildman–Crippen MR) is 132 cm³/mol. The number of hydrogen-bond acceptors (Lipinski definition) is 7. The highest BCUT2D eigenvalue weighted by molar-refractivity contribution is 6.05. The third kappa shape index (κ3) is 6.10. The molecule has 3 rings (SSSR count). The SMILES string of the molecule is CCC(=O)N(CCOC)CC(=O)N1N=C(c2ccc(OC)cc2OC)C[C@@H]1c1ccc(OC)cc1. The second kappa shape index (κ2) is 12.2. The second-order valence-electron chi connectivity index (χ2n) is 8.01. The lowest BCUT2D eigenvalue weighted by Crippen LogP contribution is -2.42. The molecule has 188 valence electrons. The average molecular weight is 484 g/mol. The van der Waals surface area contributed by atoms with Crippen LogP contribution in [0.5, 0.6) is 17.2 Å². The largest absolute Gasteiger partial charge is 0.497 e. The van der Waals surface area contributed by atoms with Crippen molar-refractivity contribution >= 4 is 17.5 Å². The number of ether oxygens (including phenoxy) is 4. The van der Waals surface area contributed by atoms with E-state index in [1.807, 2.05) is 36.4 Å². The number of amides is 2. The summed E-state index contributed by atoms with van der Waals surface area (Å²) in [4.78, 5) is 27.4. The van der Waals surface area contributed by atoms with Crippen LogP contribution in [0.15, 0.2) is 47.6 Å². The zero-order valence-electron chi connectivity index (χ0n) is 20.9. The Bertz CT molecular complexity index is 1050. The van der Waals surface area contributed by atoms with Crippen molar-refractivity contribution in [1.82, 2.24) is 9.91 Å². The maximum absolute atomic E-state index is 13.5. The number of rotatable bonds is 11. The predicted octanol–water partition coefficient (Wildman–Crippen LogP) is 3.28. The first-order valence-corrected chi connectivity index (χ1v) is 11.5. The van der Waals surface area contributed by atoms with E-state index in [1.54, 1.807) is 41.4 Å². The van der Waals surface area contributed by atoms with Gasteiger partial charge in [0.05, 0.1) is 39.7 Å². The molecule has 0 unspecified atom stereocenters. The fraction of sp³-hybridized carbons (Fsp3) is 0.423. The molecule has 1 heterocycles. The molecule has 9 nitrogen and oxygen atoms in total. The lowest BCUT2D eigenvalue weighted by Gasteiger charge is -2.26. The molecule has 2 aromatic carbocycles. The Morgan fingerprint density at radius 3 is 2.29 bits per heavy atom. The lowest BCUT2D eigenvalue weighted by atomic mass is 9.97. The van der Waals surface area contributed by atoms with Crippen molar-refractivity contribution < 1.29 is 28.5 Å². The van der Waals surface area contributed by atoms with Crippen LogP contribution in [0.3, 0.4) is 0 Å². The summed E-state index contributed by atoms with van der Waals surface area (Å²) in [5.41, 5.74) is 2.41. The molecule has 0 radical (unpaired) electrons. The van der Waals surface area contributed by atoms with Crippen LogP contribution < -0.4 is 14.2 Å².